The number of hydrogen-bond acceptors (Lipinski definition) is 3. The number of hydrogen-bond donors (Lipinski definition) is 1. The predicted octanol–water partition coefficient (Wildman–Crippen LogP) is 6.26. The van der Waals surface area contributed by atoms with Crippen molar-refractivity contribution in [1.29, 1.82) is 0 Å². The van der Waals surface area contributed by atoms with Crippen LogP contribution in [0, 0.1) is 0 Å². The first-order valence-electron chi connectivity index (χ1n) is 10.7. The number of rotatable bonds is 13. The summed E-state index contributed by atoms with van der Waals surface area (Å²) in [5, 5.41) is 9.18. The second-order valence-electron chi connectivity index (χ2n) is 5.89. The molecule has 140 valence electrons. The summed E-state index contributed by atoms with van der Waals surface area (Å²) in [6, 6.07) is 20.3. The lowest BCUT2D eigenvalue weighted by molar-refractivity contribution is -0.137. The molecule has 4 heteroatoms. The lowest BCUT2D eigenvalue weighted by atomic mass is 10.1. The Labute approximate surface area is 171 Å². The van der Waals surface area contributed by atoms with E-state index < -0.39 is 18.7 Å². The standard InChI is InChI=1S/C22H28O2S2/c23-22(24)14-8-7-13-21(26-18-20-11-5-2-6-12-20)15-16-25-17-19-9-3-1-4-10-19/h1-6,9-12,21H,7-8,13-18H2,(H,23,24)/i8D2,14D2. The van der Waals surface area contributed by atoms with Gasteiger partial charge in [-0.05, 0) is 36.1 Å². The van der Waals surface area contributed by atoms with E-state index in [9.17, 15) is 4.79 Å². The quantitative estimate of drug-likeness (QED) is 0.408. The fourth-order valence-corrected chi connectivity index (χ4v) is 4.81. The summed E-state index contributed by atoms with van der Waals surface area (Å²) in [6.45, 7) is 0. The molecule has 0 aliphatic carbocycles. The Morgan fingerprint density at radius 2 is 1.58 bits per heavy atom. The number of carboxylic acids is 1. The molecule has 0 aliphatic rings. The summed E-state index contributed by atoms with van der Waals surface area (Å²) in [5.74, 6) is 0.874. The second kappa shape index (κ2) is 12.9. The van der Waals surface area contributed by atoms with E-state index in [4.69, 9.17) is 10.6 Å². The highest BCUT2D eigenvalue weighted by molar-refractivity contribution is 7.99. The van der Waals surface area contributed by atoms with Crippen molar-refractivity contribution in [3.05, 3.63) is 71.8 Å². The zero-order chi connectivity index (χ0) is 22.0. The predicted molar refractivity (Wildman–Crippen MR) is 115 cm³/mol. The van der Waals surface area contributed by atoms with E-state index in [1.165, 1.54) is 11.1 Å². The number of thioether (sulfide) groups is 2. The fraction of sp³-hybridized carbons (Fsp3) is 0.409. The highest BCUT2D eigenvalue weighted by atomic mass is 32.2. The van der Waals surface area contributed by atoms with Crippen LogP contribution in [0.5, 0.6) is 0 Å². The van der Waals surface area contributed by atoms with Crippen molar-refractivity contribution < 1.29 is 15.4 Å². The van der Waals surface area contributed by atoms with Gasteiger partial charge in [0.25, 0.3) is 0 Å². The van der Waals surface area contributed by atoms with Gasteiger partial charge in [-0.3, -0.25) is 4.79 Å². The average Bonchev–Trinajstić information content (AvgIpc) is 2.73. The van der Waals surface area contributed by atoms with Gasteiger partial charge < -0.3 is 5.11 Å². The van der Waals surface area contributed by atoms with Crippen molar-refractivity contribution in [2.75, 3.05) is 5.75 Å². The average molecular weight is 393 g/mol. The molecule has 1 unspecified atom stereocenters. The van der Waals surface area contributed by atoms with Gasteiger partial charge in [-0.2, -0.15) is 23.5 Å². The van der Waals surface area contributed by atoms with Gasteiger partial charge in [-0.15, -0.1) is 0 Å². The summed E-state index contributed by atoms with van der Waals surface area (Å²) in [7, 11) is 0. The SMILES string of the molecule is [2H]C([2H])(CCC(CCSCc1ccccc1)SCc1ccccc1)C([2H])([2H])C(=O)O. The summed E-state index contributed by atoms with van der Waals surface area (Å²) < 4.78 is 31.2. The molecule has 2 nitrogen and oxygen atoms in total. The Morgan fingerprint density at radius 3 is 2.19 bits per heavy atom. The minimum Gasteiger partial charge on any atom is -0.481 e. The molecule has 0 fully saturated rings. The third-order valence-corrected chi connectivity index (χ3v) is 6.32. The zero-order valence-electron chi connectivity index (χ0n) is 18.8. The molecule has 0 radical (unpaired) electrons. The van der Waals surface area contributed by atoms with Gasteiger partial charge in [-0.25, -0.2) is 0 Å². The topological polar surface area (TPSA) is 37.3 Å². The largest absolute Gasteiger partial charge is 0.481 e. The molecule has 0 saturated carbocycles. The third kappa shape index (κ3) is 9.35. The molecule has 0 saturated heterocycles. The Hall–Kier alpha value is -1.39. The summed E-state index contributed by atoms with van der Waals surface area (Å²) in [5.41, 5.74) is 2.45. The molecule has 0 aromatic heterocycles. The number of carboxylic acid groups (broad SMARTS) is 1. The molecular weight excluding hydrogens is 360 g/mol. The van der Waals surface area contributed by atoms with Crippen molar-refractivity contribution in [3.8, 4) is 0 Å². The molecule has 0 spiro atoms. The summed E-state index contributed by atoms with van der Waals surface area (Å²) in [4.78, 5) is 11.1. The number of carbonyl (C=O) groups is 1. The highest BCUT2D eigenvalue weighted by Crippen LogP contribution is 2.27. The molecule has 0 aliphatic heterocycles. The molecular formula is C22H28O2S2. The molecule has 2 aromatic rings. The Morgan fingerprint density at radius 1 is 0.962 bits per heavy atom. The van der Waals surface area contributed by atoms with Crippen LogP contribution in [0.15, 0.2) is 60.7 Å². The summed E-state index contributed by atoms with van der Waals surface area (Å²) in [6.07, 6.45) is -4.14. The van der Waals surface area contributed by atoms with Gasteiger partial charge in [0.2, 0.25) is 0 Å². The van der Waals surface area contributed by atoms with Crippen LogP contribution < -0.4 is 0 Å². The van der Waals surface area contributed by atoms with E-state index in [1.807, 2.05) is 48.2 Å². The van der Waals surface area contributed by atoms with Gasteiger partial charge in [-0.1, -0.05) is 67.1 Å². The van der Waals surface area contributed by atoms with Crippen molar-refractivity contribution in [2.24, 2.45) is 0 Å². The van der Waals surface area contributed by atoms with Gasteiger partial charge in [0.15, 0.2) is 0 Å². The Bertz CT molecular complexity index is 773. The number of aliphatic carboxylic acids is 1. The Kier molecular flexibility index (Phi) is 7.75. The molecule has 26 heavy (non-hydrogen) atoms. The van der Waals surface area contributed by atoms with Crippen LogP contribution >= 0.6 is 23.5 Å². The van der Waals surface area contributed by atoms with Crippen LogP contribution in [0.25, 0.3) is 0 Å². The summed E-state index contributed by atoms with van der Waals surface area (Å²) >= 11 is 3.56. The second-order valence-corrected chi connectivity index (χ2v) is 8.28. The minimum atomic E-state index is -2.90. The normalized spacial score (nSPS) is 15.4. The lowest BCUT2D eigenvalue weighted by Gasteiger charge is -2.16. The molecule has 0 heterocycles. The molecule has 0 bridgehead atoms. The molecule has 1 atom stereocenters. The van der Waals surface area contributed by atoms with Crippen LogP contribution in [0.4, 0.5) is 0 Å². The first-order chi connectivity index (χ1) is 14.2. The van der Waals surface area contributed by atoms with Crippen molar-refractivity contribution in [2.45, 2.75) is 48.8 Å². The van der Waals surface area contributed by atoms with Gasteiger partial charge in [0.05, 0.1) is 0 Å². The third-order valence-electron chi connectivity index (χ3n) is 3.81. The van der Waals surface area contributed by atoms with E-state index in [-0.39, 0.29) is 11.7 Å². The van der Waals surface area contributed by atoms with Crippen molar-refractivity contribution in [1.82, 2.24) is 0 Å². The fourth-order valence-electron chi connectivity index (χ4n) is 2.45. The van der Waals surface area contributed by atoms with E-state index >= 15 is 0 Å². The zero-order valence-corrected chi connectivity index (χ0v) is 16.4. The van der Waals surface area contributed by atoms with E-state index in [0.29, 0.717) is 6.42 Å². The molecule has 2 aromatic carbocycles. The van der Waals surface area contributed by atoms with Crippen LogP contribution in [0.2, 0.25) is 0 Å². The van der Waals surface area contributed by atoms with Crippen molar-refractivity contribution >= 4 is 29.5 Å². The first kappa shape index (κ1) is 15.6. The lowest BCUT2D eigenvalue weighted by Crippen LogP contribution is -2.06. The molecule has 1 N–H and O–H groups in total. The maximum atomic E-state index is 11.1. The molecule has 2 rings (SSSR count). The monoisotopic (exact) mass is 392 g/mol. The smallest absolute Gasteiger partial charge is 0.303 e. The minimum absolute atomic E-state index is 0.123. The Balaban J connectivity index is 1.91. The highest BCUT2D eigenvalue weighted by Gasteiger charge is 2.10. The van der Waals surface area contributed by atoms with Crippen LogP contribution in [0.3, 0.4) is 0 Å². The first-order valence-corrected chi connectivity index (χ1v) is 10.9. The van der Waals surface area contributed by atoms with Crippen molar-refractivity contribution in [3.63, 3.8) is 0 Å². The van der Waals surface area contributed by atoms with Crippen LogP contribution in [-0.2, 0) is 16.3 Å². The van der Waals surface area contributed by atoms with Gasteiger partial charge >= 0.3 is 5.97 Å². The van der Waals surface area contributed by atoms with Crippen LogP contribution in [-0.4, -0.2) is 22.1 Å². The van der Waals surface area contributed by atoms with E-state index in [0.717, 1.165) is 23.7 Å². The molecule has 0 amide bonds. The maximum Gasteiger partial charge on any atom is 0.303 e. The van der Waals surface area contributed by atoms with Gasteiger partial charge in [0.1, 0.15) is 0 Å². The van der Waals surface area contributed by atoms with E-state index in [1.54, 1.807) is 11.8 Å². The van der Waals surface area contributed by atoms with Gasteiger partial charge in [0, 0.05) is 28.6 Å². The maximum absolute atomic E-state index is 11.1. The number of benzene rings is 2. The van der Waals surface area contributed by atoms with E-state index in [2.05, 4.69) is 24.3 Å². The van der Waals surface area contributed by atoms with Crippen LogP contribution in [0.1, 0.15) is 48.6 Å².